The van der Waals surface area contributed by atoms with Crippen LogP contribution in [0, 0.1) is 0 Å². The molecular weight excluding hydrogens is 160 g/mol. The summed E-state index contributed by atoms with van der Waals surface area (Å²) in [6, 6.07) is 10.6. The Morgan fingerprint density at radius 2 is 1.54 bits per heavy atom. The summed E-state index contributed by atoms with van der Waals surface area (Å²) in [4.78, 5) is 0. The van der Waals surface area contributed by atoms with Crippen LogP contribution >= 0.6 is 0 Å². The van der Waals surface area contributed by atoms with Gasteiger partial charge >= 0.3 is 0 Å². The fraction of sp³-hybridized carbons (Fsp3) is 0.500. The van der Waals surface area contributed by atoms with Gasteiger partial charge in [-0.05, 0) is 37.2 Å². The highest BCUT2D eigenvalue weighted by atomic mass is 16.3. The van der Waals surface area contributed by atoms with E-state index in [0.29, 0.717) is 5.92 Å². The Balaban J connectivity index is 2.03. The van der Waals surface area contributed by atoms with Gasteiger partial charge in [-0.15, -0.1) is 0 Å². The normalized spacial score (nSPS) is 28.7. The molecule has 1 fully saturated rings. The molecule has 0 amide bonds. The lowest BCUT2D eigenvalue weighted by Gasteiger charge is -2.24. The van der Waals surface area contributed by atoms with Gasteiger partial charge in [0, 0.05) is 0 Å². The SMILES string of the molecule is [O][C@H]1CC[C@@H](c2ccccc2)CC1. The van der Waals surface area contributed by atoms with Crippen molar-refractivity contribution in [3.63, 3.8) is 0 Å². The second kappa shape index (κ2) is 3.93. The van der Waals surface area contributed by atoms with Crippen LogP contribution < -0.4 is 0 Å². The van der Waals surface area contributed by atoms with E-state index < -0.39 is 0 Å². The van der Waals surface area contributed by atoms with Crippen LogP contribution in [0.1, 0.15) is 37.2 Å². The molecule has 0 unspecified atom stereocenters. The quantitative estimate of drug-likeness (QED) is 0.625. The van der Waals surface area contributed by atoms with Crippen molar-refractivity contribution in [2.75, 3.05) is 0 Å². The third-order valence-electron chi connectivity index (χ3n) is 2.95. The first-order chi connectivity index (χ1) is 6.36. The highest BCUT2D eigenvalue weighted by Crippen LogP contribution is 2.32. The molecule has 13 heavy (non-hydrogen) atoms. The van der Waals surface area contributed by atoms with Crippen LogP contribution in [0.2, 0.25) is 0 Å². The predicted molar refractivity (Wildman–Crippen MR) is 52.1 cm³/mol. The molecule has 0 heterocycles. The van der Waals surface area contributed by atoms with Crippen LogP contribution in [0.3, 0.4) is 0 Å². The summed E-state index contributed by atoms with van der Waals surface area (Å²) >= 11 is 0. The van der Waals surface area contributed by atoms with Crippen LogP contribution in [-0.4, -0.2) is 6.10 Å². The van der Waals surface area contributed by atoms with E-state index in [0.717, 1.165) is 25.7 Å². The molecule has 1 heteroatoms. The van der Waals surface area contributed by atoms with Crippen molar-refractivity contribution in [1.29, 1.82) is 0 Å². The lowest BCUT2D eigenvalue weighted by atomic mass is 9.83. The highest BCUT2D eigenvalue weighted by Gasteiger charge is 2.21. The minimum absolute atomic E-state index is 0.292. The molecule has 1 nitrogen and oxygen atoms in total. The molecule has 1 aliphatic rings. The maximum Gasteiger partial charge on any atom is 0.0930 e. The van der Waals surface area contributed by atoms with E-state index in [9.17, 15) is 5.11 Å². The molecule has 0 N–H and O–H groups in total. The molecule has 0 bridgehead atoms. The van der Waals surface area contributed by atoms with Gasteiger partial charge < -0.3 is 0 Å². The van der Waals surface area contributed by atoms with Gasteiger partial charge in [0.05, 0.1) is 6.10 Å². The highest BCUT2D eigenvalue weighted by molar-refractivity contribution is 5.19. The van der Waals surface area contributed by atoms with Crippen molar-refractivity contribution in [2.45, 2.75) is 37.7 Å². The van der Waals surface area contributed by atoms with Gasteiger partial charge in [-0.2, -0.15) is 0 Å². The molecule has 69 valence electrons. The van der Waals surface area contributed by atoms with Gasteiger partial charge in [0.25, 0.3) is 0 Å². The third kappa shape index (κ3) is 2.10. The van der Waals surface area contributed by atoms with Crippen LogP contribution in [-0.2, 0) is 5.11 Å². The molecule has 2 rings (SSSR count). The number of rotatable bonds is 1. The smallest absolute Gasteiger partial charge is 0.0930 e. The average molecular weight is 175 g/mol. The Bertz CT molecular complexity index is 247. The van der Waals surface area contributed by atoms with Crippen LogP contribution in [0.25, 0.3) is 0 Å². The van der Waals surface area contributed by atoms with Gasteiger partial charge in [-0.1, -0.05) is 30.3 Å². The van der Waals surface area contributed by atoms with E-state index in [-0.39, 0.29) is 6.10 Å². The molecule has 1 aromatic rings. The van der Waals surface area contributed by atoms with Crippen LogP contribution in [0.5, 0.6) is 0 Å². The standard InChI is InChI=1S/C12H15O/c13-12-8-6-11(7-9-12)10-4-2-1-3-5-10/h1-5,11-12H,6-9H2/t11-,12+. The van der Waals surface area contributed by atoms with E-state index >= 15 is 0 Å². The Labute approximate surface area is 79.4 Å². The van der Waals surface area contributed by atoms with Gasteiger partial charge in [0.15, 0.2) is 0 Å². The molecule has 1 radical (unpaired) electrons. The van der Waals surface area contributed by atoms with Crippen molar-refractivity contribution >= 4 is 0 Å². The van der Waals surface area contributed by atoms with Crippen molar-refractivity contribution in [3.8, 4) is 0 Å². The summed E-state index contributed by atoms with van der Waals surface area (Å²) in [5.41, 5.74) is 1.41. The predicted octanol–water partition coefficient (Wildman–Crippen LogP) is 3.14. The topological polar surface area (TPSA) is 19.9 Å². The van der Waals surface area contributed by atoms with E-state index in [2.05, 4.69) is 24.3 Å². The first-order valence-electron chi connectivity index (χ1n) is 5.07. The number of hydrogen-bond acceptors (Lipinski definition) is 0. The average Bonchev–Trinajstić information content (AvgIpc) is 2.20. The largest absolute Gasteiger partial charge is 0.233 e. The third-order valence-corrected chi connectivity index (χ3v) is 2.95. The van der Waals surface area contributed by atoms with Crippen LogP contribution in [0.4, 0.5) is 0 Å². The van der Waals surface area contributed by atoms with Crippen molar-refractivity contribution in [2.24, 2.45) is 0 Å². The number of hydrogen-bond donors (Lipinski definition) is 0. The molecule has 0 aliphatic heterocycles. The van der Waals surface area contributed by atoms with Crippen molar-refractivity contribution in [1.82, 2.24) is 0 Å². The first kappa shape index (κ1) is 8.76. The monoisotopic (exact) mass is 175 g/mol. The Morgan fingerprint density at radius 1 is 0.923 bits per heavy atom. The van der Waals surface area contributed by atoms with Crippen LogP contribution in [0.15, 0.2) is 30.3 Å². The lowest BCUT2D eigenvalue weighted by Crippen LogP contribution is -2.15. The fourth-order valence-electron chi connectivity index (χ4n) is 2.12. The Hall–Kier alpha value is -0.820. The van der Waals surface area contributed by atoms with Gasteiger partial charge in [-0.3, -0.25) is 0 Å². The molecule has 1 aliphatic carbocycles. The summed E-state index contributed by atoms with van der Waals surface area (Å²) in [6.45, 7) is 0. The zero-order chi connectivity index (χ0) is 9.10. The summed E-state index contributed by atoms with van der Waals surface area (Å²) in [5.74, 6) is 0.645. The molecule has 1 aromatic carbocycles. The molecule has 0 aromatic heterocycles. The van der Waals surface area contributed by atoms with Crippen molar-refractivity contribution in [3.05, 3.63) is 35.9 Å². The minimum Gasteiger partial charge on any atom is -0.233 e. The second-order valence-electron chi connectivity index (χ2n) is 3.88. The summed E-state index contributed by atoms with van der Waals surface area (Å²) in [6.07, 6.45) is 3.59. The zero-order valence-corrected chi connectivity index (χ0v) is 7.78. The van der Waals surface area contributed by atoms with Crippen molar-refractivity contribution < 1.29 is 5.11 Å². The summed E-state index contributed by atoms with van der Waals surface area (Å²) < 4.78 is 0. The zero-order valence-electron chi connectivity index (χ0n) is 7.78. The molecule has 0 saturated heterocycles. The van der Waals surface area contributed by atoms with E-state index in [4.69, 9.17) is 0 Å². The molecule has 0 atom stereocenters. The Kier molecular flexibility index (Phi) is 2.65. The number of benzene rings is 1. The maximum absolute atomic E-state index is 11.1. The summed E-state index contributed by atoms with van der Waals surface area (Å²) in [5, 5.41) is 11.1. The molecule has 1 saturated carbocycles. The van der Waals surface area contributed by atoms with E-state index in [1.54, 1.807) is 0 Å². The first-order valence-corrected chi connectivity index (χ1v) is 5.07. The maximum atomic E-state index is 11.1. The van der Waals surface area contributed by atoms with Gasteiger partial charge in [0.1, 0.15) is 0 Å². The van der Waals surface area contributed by atoms with Gasteiger partial charge in [-0.25, -0.2) is 5.11 Å². The molecular formula is C12H15O. The summed E-state index contributed by atoms with van der Waals surface area (Å²) in [7, 11) is 0. The Morgan fingerprint density at radius 3 is 2.15 bits per heavy atom. The van der Waals surface area contributed by atoms with E-state index in [1.807, 2.05) is 6.07 Å². The molecule has 0 spiro atoms. The van der Waals surface area contributed by atoms with E-state index in [1.165, 1.54) is 5.56 Å². The lowest BCUT2D eigenvalue weighted by molar-refractivity contribution is 0.0513. The van der Waals surface area contributed by atoms with Gasteiger partial charge in [0.2, 0.25) is 0 Å². The second-order valence-corrected chi connectivity index (χ2v) is 3.88. The minimum atomic E-state index is -0.292. The fourth-order valence-corrected chi connectivity index (χ4v) is 2.12.